The van der Waals surface area contributed by atoms with Crippen LogP contribution in [0.25, 0.3) is 22.1 Å². The van der Waals surface area contributed by atoms with Crippen LogP contribution in [0.1, 0.15) is 18.2 Å². The van der Waals surface area contributed by atoms with Gasteiger partial charge in [-0.05, 0) is 37.6 Å². The molecule has 4 rings (SSSR count). The summed E-state index contributed by atoms with van der Waals surface area (Å²) in [5, 5.41) is 13.7. The van der Waals surface area contributed by atoms with E-state index in [2.05, 4.69) is 35.7 Å². The Morgan fingerprint density at radius 1 is 1.12 bits per heavy atom. The fourth-order valence-corrected chi connectivity index (χ4v) is 2.61. The van der Waals surface area contributed by atoms with E-state index in [0.717, 1.165) is 33.4 Å². The number of H-pyrrole nitrogens is 1. The molecule has 0 amide bonds. The monoisotopic (exact) mass is 317 g/mol. The molecular formula is C17H15N7. The largest absolute Gasteiger partial charge is 0.338 e. The van der Waals surface area contributed by atoms with E-state index in [0.29, 0.717) is 11.6 Å². The third-order valence-corrected chi connectivity index (χ3v) is 3.81. The van der Waals surface area contributed by atoms with Crippen molar-refractivity contribution < 1.29 is 0 Å². The molecular weight excluding hydrogens is 302 g/mol. The van der Waals surface area contributed by atoms with Gasteiger partial charge >= 0.3 is 0 Å². The number of benzene rings is 1. The number of rotatable bonds is 3. The molecule has 0 spiro atoms. The second-order valence-corrected chi connectivity index (χ2v) is 5.48. The molecule has 0 aliphatic carbocycles. The molecule has 0 saturated heterocycles. The summed E-state index contributed by atoms with van der Waals surface area (Å²) >= 11 is 0. The number of nitrogens with zero attached hydrogens (tertiary/aromatic N) is 5. The molecule has 0 aliphatic heterocycles. The van der Waals surface area contributed by atoms with Gasteiger partial charge in [0.15, 0.2) is 5.65 Å². The molecule has 0 saturated carbocycles. The van der Waals surface area contributed by atoms with Gasteiger partial charge in [0.2, 0.25) is 0 Å². The zero-order valence-electron chi connectivity index (χ0n) is 13.3. The summed E-state index contributed by atoms with van der Waals surface area (Å²) in [4.78, 5) is 12.0. The van der Waals surface area contributed by atoms with E-state index in [4.69, 9.17) is 0 Å². The van der Waals surface area contributed by atoms with Gasteiger partial charge in [-0.15, -0.1) is 10.2 Å². The molecule has 0 aliphatic rings. The Hall–Kier alpha value is -3.35. The number of aromatic nitrogens is 5. The number of pyridine rings is 1. The van der Waals surface area contributed by atoms with E-state index in [9.17, 15) is 0 Å². The first-order valence-corrected chi connectivity index (χ1v) is 7.56. The van der Waals surface area contributed by atoms with E-state index < -0.39 is 0 Å². The zero-order chi connectivity index (χ0) is 16.5. The Labute approximate surface area is 137 Å². The summed E-state index contributed by atoms with van der Waals surface area (Å²) in [6.45, 7) is 3.91. The summed E-state index contributed by atoms with van der Waals surface area (Å²) in [5.41, 5.74) is 7.95. The molecule has 3 aromatic heterocycles. The van der Waals surface area contributed by atoms with Crippen molar-refractivity contribution in [1.82, 2.24) is 25.1 Å². The highest BCUT2D eigenvalue weighted by Gasteiger charge is 2.10. The zero-order valence-corrected chi connectivity index (χ0v) is 13.3. The number of hydrogen-bond acceptors (Lipinski definition) is 6. The summed E-state index contributed by atoms with van der Waals surface area (Å²) in [5.74, 6) is 0.335. The lowest BCUT2D eigenvalue weighted by Crippen LogP contribution is -2.04. The van der Waals surface area contributed by atoms with Gasteiger partial charge in [0.1, 0.15) is 5.52 Å². The topological polar surface area (TPSA) is 91.7 Å². The quantitative estimate of drug-likeness (QED) is 0.447. The van der Waals surface area contributed by atoms with Gasteiger partial charge in [-0.3, -0.25) is 4.98 Å². The Bertz CT molecular complexity index is 1050. The predicted octanol–water partition coefficient (Wildman–Crippen LogP) is 3.05. The standard InChI is InChI=1S/C17H15N7/c1-10-6-5-8-13-14(10)15-16(19-13)20-17(24-22-15)23-21-11(2)12-7-3-4-9-18-12/h3-9H,1-2H3,(H2,19,20,23,24)/b21-11+. The third-order valence-electron chi connectivity index (χ3n) is 3.81. The number of anilines is 1. The van der Waals surface area contributed by atoms with Crippen LogP contribution >= 0.6 is 0 Å². The van der Waals surface area contributed by atoms with Crippen LogP contribution in [-0.4, -0.2) is 30.9 Å². The average Bonchev–Trinajstić information content (AvgIpc) is 2.99. The van der Waals surface area contributed by atoms with Crippen molar-refractivity contribution in [3.05, 3.63) is 53.9 Å². The van der Waals surface area contributed by atoms with Crippen LogP contribution < -0.4 is 5.43 Å². The fourth-order valence-electron chi connectivity index (χ4n) is 2.61. The van der Waals surface area contributed by atoms with E-state index in [-0.39, 0.29) is 0 Å². The molecule has 24 heavy (non-hydrogen) atoms. The van der Waals surface area contributed by atoms with Crippen LogP contribution in [0, 0.1) is 6.92 Å². The van der Waals surface area contributed by atoms with Gasteiger partial charge in [0, 0.05) is 17.1 Å². The SMILES string of the molecule is C/C(=N\Nc1nnc2c(n1)[nH]c1cccc(C)c12)c1ccccn1. The lowest BCUT2D eigenvalue weighted by Gasteiger charge is -2.01. The summed E-state index contributed by atoms with van der Waals surface area (Å²) < 4.78 is 0. The molecule has 0 fully saturated rings. The molecule has 0 bridgehead atoms. The number of fused-ring (bicyclic) bond motifs is 3. The van der Waals surface area contributed by atoms with Crippen molar-refractivity contribution in [3.63, 3.8) is 0 Å². The second-order valence-electron chi connectivity index (χ2n) is 5.48. The highest BCUT2D eigenvalue weighted by Crippen LogP contribution is 2.25. The van der Waals surface area contributed by atoms with Gasteiger partial charge in [-0.25, -0.2) is 5.43 Å². The molecule has 1 aromatic carbocycles. The van der Waals surface area contributed by atoms with Gasteiger partial charge < -0.3 is 4.98 Å². The molecule has 2 N–H and O–H groups in total. The molecule has 7 heteroatoms. The second kappa shape index (κ2) is 5.69. The first-order valence-electron chi connectivity index (χ1n) is 7.56. The molecule has 4 aromatic rings. The minimum Gasteiger partial charge on any atom is -0.338 e. The smallest absolute Gasteiger partial charge is 0.265 e. The Balaban J connectivity index is 1.68. The van der Waals surface area contributed by atoms with Crippen molar-refractivity contribution >= 4 is 33.7 Å². The summed E-state index contributed by atoms with van der Waals surface area (Å²) in [6, 6.07) is 11.7. The minimum absolute atomic E-state index is 0.335. The minimum atomic E-state index is 0.335. The van der Waals surface area contributed by atoms with E-state index in [1.165, 1.54) is 0 Å². The third kappa shape index (κ3) is 2.45. The number of aromatic amines is 1. The normalized spacial score (nSPS) is 12.0. The van der Waals surface area contributed by atoms with Crippen LogP contribution in [0.3, 0.4) is 0 Å². The molecule has 7 nitrogen and oxygen atoms in total. The van der Waals surface area contributed by atoms with Crippen LogP contribution in [0.5, 0.6) is 0 Å². The van der Waals surface area contributed by atoms with Crippen molar-refractivity contribution in [2.24, 2.45) is 5.10 Å². The number of hydrazone groups is 1. The summed E-state index contributed by atoms with van der Waals surface area (Å²) in [7, 11) is 0. The highest BCUT2D eigenvalue weighted by molar-refractivity contribution is 6.05. The first-order chi connectivity index (χ1) is 11.7. The Morgan fingerprint density at radius 2 is 2.04 bits per heavy atom. The van der Waals surface area contributed by atoms with E-state index in [1.807, 2.05) is 50.2 Å². The molecule has 0 radical (unpaired) electrons. The van der Waals surface area contributed by atoms with Crippen LogP contribution in [-0.2, 0) is 0 Å². The maximum absolute atomic E-state index is 4.45. The molecule has 0 atom stereocenters. The van der Waals surface area contributed by atoms with Crippen LogP contribution in [0.2, 0.25) is 0 Å². The van der Waals surface area contributed by atoms with Gasteiger partial charge in [0.05, 0.1) is 11.4 Å². The Kier molecular flexibility index (Phi) is 3.38. The van der Waals surface area contributed by atoms with Gasteiger partial charge in [0.25, 0.3) is 5.95 Å². The maximum Gasteiger partial charge on any atom is 0.265 e. The average molecular weight is 317 g/mol. The summed E-state index contributed by atoms with van der Waals surface area (Å²) in [6.07, 6.45) is 1.73. The van der Waals surface area contributed by atoms with Crippen LogP contribution in [0.4, 0.5) is 5.95 Å². The van der Waals surface area contributed by atoms with Gasteiger partial charge in [-0.1, -0.05) is 18.2 Å². The van der Waals surface area contributed by atoms with Crippen molar-refractivity contribution in [2.75, 3.05) is 5.43 Å². The van der Waals surface area contributed by atoms with Gasteiger partial charge in [-0.2, -0.15) is 10.1 Å². The molecule has 118 valence electrons. The van der Waals surface area contributed by atoms with Crippen molar-refractivity contribution in [2.45, 2.75) is 13.8 Å². The van der Waals surface area contributed by atoms with E-state index >= 15 is 0 Å². The maximum atomic E-state index is 4.45. The van der Waals surface area contributed by atoms with Crippen molar-refractivity contribution in [1.29, 1.82) is 0 Å². The first kappa shape index (κ1) is 14.3. The lowest BCUT2D eigenvalue weighted by atomic mass is 10.1. The number of aryl methyl sites for hydroxylation is 1. The number of hydrogen-bond donors (Lipinski definition) is 2. The highest BCUT2D eigenvalue weighted by atomic mass is 15.4. The molecule has 3 heterocycles. The van der Waals surface area contributed by atoms with Crippen molar-refractivity contribution in [3.8, 4) is 0 Å². The number of nitrogens with one attached hydrogen (secondary N) is 2. The van der Waals surface area contributed by atoms with E-state index in [1.54, 1.807) is 6.20 Å². The fraction of sp³-hybridized carbons (Fsp3) is 0.118. The van der Waals surface area contributed by atoms with Crippen LogP contribution in [0.15, 0.2) is 47.7 Å². The molecule has 0 unspecified atom stereocenters. The predicted molar refractivity (Wildman–Crippen MR) is 94.0 cm³/mol. The Morgan fingerprint density at radius 3 is 2.88 bits per heavy atom. The lowest BCUT2D eigenvalue weighted by molar-refractivity contribution is 1.01.